The van der Waals surface area contributed by atoms with E-state index in [1.165, 1.54) is 19.4 Å². The van der Waals surface area contributed by atoms with Crippen molar-refractivity contribution in [1.82, 2.24) is 5.32 Å². The van der Waals surface area contributed by atoms with E-state index in [1.807, 2.05) is 0 Å². The van der Waals surface area contributed by atoms with Crippen molar-refractivity contribution in [2.24, 2.45) is 17.3 Å². The molecule has 0 saturated heterocycles. The molecule has 1 saturated carbocycles. The van der Waals surface area contributed by atoms with Gasteiger partial charge < -0.3 is 10.1 Å². The van der Waals surface area contributed by atoms with Crippen LogP contribution in [0.3, 0.4) is 0 Å². The van der Waals surface area contributed by atoms with Crippen LogP contribution in [0.2, 0.25) is 0 Å². The molecule has 0 radical (unpaired) electrons. The summed E-state index contributed by atoms with van der Waals surface area (Å²) in [6.07, 6.45) is 2.75. The molecular weight excluding hydrogens is 174 g/mol. The summed E-state index contributed by atoms with van der Waals surface area (Å²) in [5.74, 6) is 1.74. The van der Waals surface area contributed by atoms with Gasteiger partial charge in [-0.1, -0.05) is 20.8 Å². The quantitative estimate of drug-likeness (QED) is 0.635. The molecule has 0 aromatic heterocycles. The van der Waals surface area contributed by atoms with Crippen molar-refractivity contribution in [2.45, 2.75) is 33.6 Å². The average molecular weight is 199 g/mol. The van der Waals surface area contributed by atoms with Gasteiger partial charge in [0.1, 0.15) is 0 Å². The van der Waals surface area contributed by atoms with Crippen LogP contribution in [0.1, 0.15) is 33.6 Å². The zero-order valence-electron chi connectivity index (χ0n) is 10.1. The standard InChI is InChI=1S/C12H25NO/c1-5-12(10(2)3)8-11(12)9-13-6-7-14-4/h10-11,13H,5-9H2,1-4H3. The molecule has 0 spiro atoms. The van der Waals surface area contributed by atoms with Gasteiger partial charge in [0.15, 0.2) is 0 Å². The highest BCUT2D eigenvalue weighted by atomic mass is 16.5. The van der Waals surface area contributed by atoms with Crippen LogP contribution in [-0.4, -0.2) is 26.8 Å². The number of rotatable bonds is 7. The van der Waals surface area contributed by atoms with Crippen LogP contribution in [0, 0.1) is 17.3 Å². The third kappa shape index (κ3) is 2.48. The van der Waals surface area contributed by atoms with E-state index in [9.17, 15) is 0 Å². The third-order valence-electron chi connectivity index (χ3n) is 3.96. The first-order chi connectivity index (χ1) is 6.67. The van der Waals surface area contributed by atoms with Crippen LogP contribution in [0.25, 0.3) is 0 Å². The Balaban J connectivity index is 2.17. The number of hydrogen-bond donors (Lipinski definition) is 1. The van der Waals surface area contributed by atoms with Crippen molar-refractivity contribution in [3.8, 4) is 0 Å². The topological polar surface area (TPSA) is 21.3 Å². The van der Waals surface area contributed by atoms with Crippen LogP contribution in [0.5, 0.6) is 0 Å². The lowest BCUT2D eigenvalue weighted by atomic mass is 9.87. The van der Waals surface area contributed by atoms with Crippen molar-refractivity contribution in [2.75, 3.05) is 26.8 Å². The molecule has 2 atom stereocenters. The predicted octanol–water partition coefficient (Wildman–Crippen LogP) is 2.29. The summed E-state index contributed by atoms with van der Waals surface area (Å²) < 4.78 is 5.01. The van der Waals surface area contributed by atoms with E-state index in [4.69, 9.17) is 4.74 Å². The Hall–Kier alpha value is -0.0800. The van der Waals surface area contributed by atoms with E-state index >= 15 is 0 Å². The third-order valence-corrected chi connectivity index (χ3v) is 3.96. The van der Waals surface area contributed by atoms with Crippen molar-refractivity contribution in [3.05, 3.63) is 0 Å². The van der Waals surface area contributed by atoms with E-state index in [-0.39, 0.29) is 0 Å². The maximum Gasteiger partial charge on any atom is 0.0587 e. The van der Waals surface area contributed by atoms with Gasteiger partial charge in [-0.3, -0.25) is 0 Å². The van der Waals surface area contributed by atoms with Crippen molar-refractivity contribution >= 4 is 0 Å². The van der Waals surface area contributed by atoms with Gasteiger partial charge in [-0.05, 0) is 36.6 Å². The Bertz CT molecular complexity index is 170. The molecule has 2 unspecified atom stereocenters. The summed E-state index contributed by atoms with van der Waals surface area (Å²) in [7, 11) is 1.75. The molecule has 0 aromatic rings. The van der Waals surface area contributed by atoms with Crippen LogP contribution in [0.4, 0.5) is 0 Å². The number of methoxy groups -OCH3 is 1. The zero-order valence-corrected chi connectivity index (χ0v) is 10.1. The van der Waals surface area contributed by atoms with Gasteiger partial charge >= 0.3 is 0 Å². The Kier molecular flexibility index (Phi) is 4.39. The Morgan fingerprint density at radius 2 is 2.21 bits per heavy atom. The number of nitrogens with one attached hydrogen (secondary N) is 1. The lowest BCUT2D eigenvalue weighted by Crippen LogP contribution is -2.24. The molecule has 1 aliphatic carbocycles. The van der Waals surface area contributed by atoms with Gasteiger partial charge in [0.25, 0.3) is 0 Å². The second-order valence-corrected chi connectivity index (χ2v) is 4.84. The zero-order chi connectivity index (χ0) is 10.6. The van der Waals surface area contributed by atoms with Crippen LogP contribution in [-0.2, 0) is 4.74 Å². The predicted molar refractivity (Wildman–Crippen MR) is 60.4 cm³/mol. The first kappa shape index (κ1) is 12.0. The SMILES string of the molecule is CCC1(C(C)C)CC1CNCCOC. The summed E-state index contributed by atoms with van der Waals surface area (Å²) in [5.41, 5.74) is 0.653. The lowest BCUT2D eigenvalue weighted by molar-refractivity contribution is 0.197. The fourth-order valence-electron chi connectivity index (χ4n) is 2.67. The minimum atomic E-state index is 0.653. The molecule has 1 N–H and O–H groups in total. The van der Waals surface area contributed by atoms with Crippen molar-refractivity contribution < 1.29 is 4.74 Å². The molecule has 1 aliphatic rings. The molecule has 2 heteroatoms. The van der Waals surface area contributed by atoms with E-state index < -0.39 is 0 Å². The van der Waals surface area contributed by atoms with Crippen molar-refractivity contribution in [1.29, 1.82) is 0 Å². The Morgan fingerprint density at radius 3 is 2.64 bits per heavy atom. The van der Waals surface area contributed by atoms with E-state index in [2.05, 4.69) is 26.1 Å². The normalized spacial score (nSPS) is 31.1. The molecule has 1 fully saturated rings. The van der Waals surface area contributed by atoms with E-state index in [0.29, 0.717) is 5.41 Å². The highest BCUT2D eigenvalue weighted by Crippen LogP contribution is 2.59. The van der Waals surface area contributed by atoms with Gasteiger partial charge in [-0.2, -0.15) is 0 Å². The van der Waals surface area contributed by atoms with Gasteiger partial charge in [0.05, 0.1) is 6.61 Å². The van der Waals surface area contributed by atoms with E-state index in [0.717, 1.165) is 25.0 Å². The highest BCUT2D eigenvalue weighted by molar-refractivity contribution is 5.03. The van der Waals surface area contributed by atoms with Gasteiger partial charge in [-0.15, -0.1) is 0 Å². The summed E-state index contributed by atoms with van der Waals surface area (Å²) in [6.45, 7) is 10.0. The maximum absolute atomic E-state index is 5.01. The molecule has 84 valence electrons. The molecule has 0 aliphatic heterocycles. The van der Waals surface area contributed by atoms with Crippen LogP contribution >= 0.6 is 0 Å². The summed E-state index contributed by atoms with van der Waals surface area (Å²) in [4.78, 5) is 0. The molecule has 0 heterocycles. The fraction of sp³-hybridized carbons (Fsp3) is 1.00. The van der Waals surface area contributed by atoms with Gasteiger partial charge in [-0.25, -0.2) is 0 Å². The first-order valence-corrected chi connectivity index (χ1v) is 5.87. The van der Waals surface area contributed by atoms with Gasteiger partial charge in [0, 0.05) is 13.7 Å². The van der Waals surface area contributed by atoms with Crippen molar-refractivity contribution in [3.63, 3.8) is 0 Å². The summed E-state index contributed by atoms with van der Waals surface area (Å²) >= 11 is 0. The molecular formula is C12H25NO. The smallest absolute Gasteiger partial charge is 0.0587 e. The molecule has 1 rings (SSSR count). The van der Waals surface area contributed by atoms with Crippen LogP contribution in [0.15, 0.2) is 0 Å². The number of ether oxygens (including phenoxy) is 1. The molecule has 0 aromatic carbocycles. The molecule has 0 bridgehead atoms. The molecule has 14 heavy (non-hydrogen) atoms. The Morgan fingerprint density at radius 1 is 1.50 bits per heavy atom. The lowest BCUT2D eigenvalue weighted by Gasteiger charge is -2.19. The maximum atomic E-state index is 5.01. The minimum absolute atomic E-state index is 0.653. The summed E-state index contributed by atoms with van der Waals surface area (Å²) in [5, 5.41) is 3.47. The second-order valence-electron chi connectivity index (χ2n) is 4.84. The monoisotopic (exact) mass is 199 g/mol. The second kappa shape index (κ2) is 5.13. The number of hydrogen-bond acceptors (Lipinski definition) is 2. The fourth-order valence-corrected chi connectivity index (χ4v) is 2.67. The van der Waals surface area contributed by atoms with Gasteiger partial charge in [0.2, 0.25) is 0 Å². The first-order valence-electron chi connectivity index (χ1n) is 5.87. The largest absolute Gasteiger partial charge is 0.383 e. The molecule has 2 nitrogen and oxygen atoms in total. The highest BCUT2D eigenvalue weighted by Gasteiger charge is 2.53. The minimum Gasteiger partial charge on any atom is -0.383 e. The van der Waals surface area contributed by atoms with E-state index in [1.54, 1.807) is 7.11 Å². The molecule has 0 amide bonds. The average Bonchev–Trinajstić information content (AvgIpc) is 2.88. The Labute approximate surface area is 88.4 Å². The van der Waals surface area contributed by atoms with Crippen LogP contribution < -0.4 is 5.32 Å². The summed E-state index contributed by atoms with van der Waals surface area (Å²) in [6, 6.07) is 0.